The molecule has 4 nitrogen and oxygen atoms in total. The lowest BCUT2D eigenvalue weighted by atomic mass is 10.0. The van der Waals surface area contributed by atoms with E-state index in [1.807, 2.05) is 12.1 Å². The van der Waals surface area contributed by atoms with Crippen LogP contribution in [-0.4, -0.2) is 46.9 Å². The molecule has 1 aliphatic carbocycles. The fourth-order valence-corrected chi connectivity index (χ4v) is 4.85. The number of piperidine rings is 1. The van der Waals surface area contributed by atoms with Gasteiger partial charge in [0.15, 0.2) is 0 Å². The number of nitrogens with zero attached hydrogens (tertiary/aromatic N) is 2. The summed E-state index contributed by atoms with van der Waals surface area (Å²) in [6, 6.07) is 5.82. The molecule has 0 spiro atoms. The van der Waals surface area contributed by atoms with E-state index >= 15 is 0 Å². The zero-order chi connectivity index (χ0) is 16.0. The molecule has 0 bridgehead atoms. The molecule has 126 valence electrons. The van der Waals surface area contributed by atoms with Crippen molar-refractivity contribution >= 4 is 5.91 Å². The monoisotopic (exact) mass is 316 g/mol. The van der Waals surface area contributed by atoms with Crippen molar-refractivity contribution in [3.63, 3.8) is 0 Å². The second kappa shape index (κ2) is 5.97. The molecule has 3 heterocycles. The molecule has 1 saturated carbocycles. The van der Waals surface area contributed by atoms with E-state index in [2.05, 4.69) is 23.6 Å². The van der Waals surface area contributed by atoms with Gasteiger partial charge in [0.2, 0.25) is 5.91 Å². The van der Waals surface area contributed by atoms with Gasteiger partial charge in [-0.25, -0.2) is 0 Å². The number of rotatable bonds is 3. The van der Waals surface area contributed by atoms with Crippen molar-refractivity contribution in [2.24, 2.45) is 5.92 Å². The highest BCUT2D eigenvalue weighted by Gasteiger charge is 2.48. The van der Waals surface area contributed by atoms with Crippen molar-refractivity contribution in [3.05, 3.63) is 24.2 Å². The summed E-state index contributed by atoms with van der Waals surface area (Å²) in [7, 11) is 0. The molecule has 1 aromatic rings. The molecule has 3 aliphatic rings. The van der Waals surface area contributed by atoms with Gasteiger partial charge in [0, 0.05) is 43.1 Å². The summed E-state index contributed by atoms with van der Waals surface area (Å²) in [6.07, 6.45) is 7.66. The first-order valence-electron chi connectivity index (χ1n) is 9.24. The number of carbonyl (C=O) groups is 1. The quantitative estimate of drug-likeness (QED) is 0.859. The minimum atomic E-state index is 0.160. The van der Waals surface area contributed by atoms with Gasteiger partial charge in [0.05, 0.1) is 6.26 Å². The average Bonchev–Trinajstić information content (AvgIpc) is 3.01. The van der Waals surface area contributed by atoms with Gasteiger partial charge >= 0.3 is 0 Å². The predicted molar refractivity (Wildman–Crippen MR) is 89.2 cm³/mol. The Morgan fingerprint density at radius 1 is 1.22 bits per heavy atom. The summed E-state index contributed by atoms with van der Waals surface area (Å²) in [5.41, 5.74) is 0. The summed E-state index contributed by atoms with van der Waals surface area (Å²) in [5, 5.41) is 0. The van der Waals surface area contributed by atoms with Crippen LogP contribution in [0.5, 0.6) is 0 Å². The number of hydrogen-bond donors (Lipinski definition) is 0. The van der Waals surface area contributed by atoms with Crippen LogP contribution in [-0.2, 0) is 4.79 Å². The Hall–Kier alpha value is -1.29. The Labute approximate surface area is 138 Å². The predicted octanol–water partition coefficient (Wildman–Crippen LogP) is 3.25. The molecule has 23 heavy (non-hydrogen) atoms. The minimum Gasteiger partial charge on any atom is -0.469 e. The maximum atomic E-state index is 12.9. The average molecular weight is 316 g/mol. The summed E-state index contributed by atoms with van der Waals surface area (Å²) in [6.45, 7) is 6.55. The van der Waals surface area contributed by atoms with Crippen LogP contribution in [0.2, 0.25) is 0 Å². The van der Waals surface area contributed by atoms with Crippen LogP contribution in [0.25, 0.3) is 0 Å². The summed E-state index contributed by atoms with van der Waals surface area (Å²) in [4.78, 5) is 17.7. The van der Waals surface area contributed by atoms with Gasteiger partial charge in [0.25, 0.3) is 0 Å². The number of furan rings is 1. The van der Waals surface area contributed by atoms with Crippen LogP contribution >= 0.6 is 0 Å². The van der Waals surface area contributed by atoms with Gasteiger partial charge in [-0.05, 0) is 58.1 Å². The second-order valence-electron chi connectivity index (χ2n) is 7.77. The Balaban J connectivity index is 1.39. The fourth-order valence-electron chi connectivity index (χ4n) is 4.85. The number of hydrogen-bond acceptors (Lipinski definition) is 3. The normalized spacial score (nSPS) is 38.0. The highest BCUT2D eigenvalue weighted by molar-refractivity contribution is 5.83. The maximum absolute atomic E-state index is 12.9. The van der Waals surface area contributed by atoms with Crippen molar-refractivity contribution in [1.29, 1.82) is 0 Å². The van der Waals surface area contributed by atoms with E-state index in [1.165, 1.54) is 19.3 Å². The molecule has 1 amide bonds. The van der Waals surface area contributed by atoms with Gasteiger partial charge < -0.3 is 9.32 Å². The third kappa shape index (κ3) is 2.82. The van der Waals surface area contributed by atoms with Crippen LogP contribution < -0.4 is 0 Å². The molecular weight excluding hydrogens is 288 g/mol. The fraction of sp³-hybridized carbons (Fsp3) is 0.737. The SMILES string of the molecule is C[C@@H]1CC[C@H](C)N1[C@@H]1CCCN(C(=O)[C@@H]2C[C@@H]2c2ccco2)C1. The van der Waals surface area contributed by atoms with Crippen molar-refractivity contribution in [3.8, 4) is 0 Å². The molecule has 4 heteroatoms. The second-order valence-corrected chi connectivity index (χ2v) is 7.77. The Morgan fingerprint density at radius 3 is 2.70 bits per heavy atom. The Bertz CT molecular complexity index is 546. The van der Waals surface area contributed by atoms with Gasteiger partial charge in [-0.15, -0.1) is 0 Å². The van der Waals surface area contributed by atoms with Crippen LogP contribution in [0.1, 0.15) is 57.6 Å². The van der Waals surface area contributed by atoms with Crippen molar-refractivity contribution in [2.45, 2.75) is 70.0 Å². The molecule has 0 N–H and O–H groups in total. The minimum absolute atomic E-state index is 0.160. The lowest BCUT2D eigenvalue weighted by Gasteiger charge is -2.41. The molecule has 0 aromatic carbocycles. The Kier molecular flexibility index (Phi) is 3.96. The first kappa shape index (κ1) is 15.3. The van der Waals surface area contributed by atoms with Gasteiger partial charge in [-0.2, -0.15) is 0 Å². The first-order valence-corrected chi connectivity index (χ1v) is 9.24. The number of amides is 1. The zero-order valence-electron chi connectivity index (χ0n) is 14.3. The lowest BCUT2D eigenvalue weighted by molar-refractivity contribution is -0.135. The number of likely N-dealkylation sites (tertiary alicyclic amines) is 2. The summed E-state index contributed by atoms with van der Waals surface area (Å²) in [5.74, 6) is 1.82. The van der Waals surface area contributed by atoms with Crippen LogP contribution in [0.15, 0.2) is 22.8 Å². The lowest BCUT2D eigenvalue weighted by Crippen LogP contribution is -2.52. The molecule has 2 aliphatic heterocycles. The smallest absolute Gasteiger partial charge is 0.226 e. The van der Waals surface area contributed by atoms with E-state index in [1.54, 1.807) is 6.26 Å². The third-order valence-electron chi connectivity index (χ3n) is 6.17. The van der Waals surface area contributed by atoms with E-state index in [0.29, 0.717) is 30.0 Å². The van der Waals surface area contributed by atoms with Crippen LogP contribution in [0.4, 0.5) is 0 Å². The molecule has 0 radical (unpaired) electrons. The molecule has 4 rings (SSSR count). The van der Waals surface area contributed by atoms with Crippen LogP contribution in [0, 0.1) is 5.92 Å². The van der Waals surface area contributed by atoms with Gasteiger partial charge in [0.1, 0.15) is 5.76 Å². The Morgan fingerprint density at radius 2 is 2.00 bits per heavy atom. The molecule has 3 fully saturated rings. The van der Waals surface area contributed by atoms with E-state index in [0.717, 1.165) is 31.7 Å². The molecule has 2 saturated heterocycles. The largest absolute Gasteiger partial charge is 0.469 e. The van der Waals surface area contributed by atoms with E-state index in [4.69, 9.17) is 4.42 Å². The van der Waals surface area contributed by atoms with Crippen LogP contribution in [0.3, 0.4) is 0 Å². The third-order valence-corrected chi connectivity index (χ3v) is 6.17. The summed E-state index contributed by atoms with van der Waals surface area (Å²) < 4.78 is 5.48. The molecule has 0 unspecified atom stereocenters. The van der Waals surface area contributed by atoms with Crippen molar-refractivity contribution in [2.75, 3.05) is 13.1 Å². The van der Waals surface area contributed by atoms with E-state index in [-0.39, 0.29) is 5.92 Å². The highest BCUT2D eigenvalue weighted by Crippen LogP contribution is 2.49. The topological polar surface area (TPSA) is 36.7 Å². The van der Waals surface area contributed by atoms with E-state index in [9.17, 15) is 4.79 Å². The summed E-state index contributed by atoms with van der Waals surface area (Å²) >= 11 is 0. The molecule has 5 atom stereocenters. The zero-order valence-corrected chi connectivity index (χ0v) is 14.3. The molecule has 1 aromatic heterocycles. The molecular formula is C19H28N2O2. The highest BCUT2D eigenvalue weighted by atomic mass is 16.3. The van der Waals surface area contributed by atoms with Gasteiger partial charge in [-0.1, -0.05) is 0 Å². The maximum Gasteiger partial charge on any atom is 0.226 e. The van der Waals surface area contributed by atoms with E-state index < -0.39 is 0 Å². The van der Waals surface area contributed by atoms with Gasteiger partial charge in [-0.3, -0.25) is 9.69 Å². The van der Waals surface area contributed by atoms with Crippen molar-refractivity contribution in [1.82, 2.24) is 9.80 Å². The van der Waals surface area contributed by atoms with Crippen molar-refractivity contribution < 1.29 is 9.21 Å². The number of carbonyl (C=O) groups excluding carboxylic acids is 1. The standard InChI is InChI=1S/C19H28N2O2/c1-13-7-8-14(2)21(13)15-5-3-9-20(12-15)19(22)17-11-16(17)18-6-4-10-23-18/h4,6,10,13-17H,3,5,7-9,11-12H2,1-2H3/t13-,14+,15-,16+,17-/m1/s1. The first-order chi connectivity index (χ1) is 11.1.